The van der Waals surface area contributed by atoms with Gasteiger partial charge in [0, 0.05) is 38.6 Å². The second-order valence-electron chi connectivity index (χ2n) is 5.16. The molecular weight excluding hydrogens is 238 g/mol. The van der Waals surface area contributed by atoms with Crippen molar-refractivity contribution in [2.75, 3.05) is 32.8 Å². The van der Waals surface area contributed by atoms with Crippen LogP contribution in [0.5, 0.6) is 0 Å². The number of hydrogen-bond acceptors (Lipinski definition) is 4. The summed E-state index contributed by atoms with van der Waals surface area (Å²) in [5.41, 5.74) is 6.84. The lowest BCUT2D eigenvalue weighted by molar-refractivity contribution is 0.00752. The Morgan fingerprint density at radius 1 is 1.26 bits per heavy atom. The van der Waals surface area contributed by atoms with E-state index in [0.29, 0.717) is 6.10 Å². The molecule has 0 atom stereocenters. The Balaban J connectivity index is 1.61. The van der Waals surface area contributed by atoms with E-state index in [2.05, 4.69) is 22.0 Å². The predicted molar refractivity (Wildman–Crippen MR) is 77.0 cm³/mol. The second kappa shape index (κ2) is 8.25. The van der Waals surface area contributed by atoms with Crippen molar-refractivity contribution in [3.8, 4) is 0 Å². The van der Waals surface area contributed by atoms with E-state index >= 15 is 0 Å². The molecule has 4 nitrogen and oxygen atoms in total. The predicted octanol–water partition coefficient (Wildman–Crippen LogP) is 1.45. The summed E-state index contributed by atoms with van der Waals surface area (Å²) < 4.78 is 5.82. The highest BCUT2D eigenvalue weighted by Crippen LogP contribution is 2.14. The van der Waals surface area contributed by atoms with Crippen molar-refractivity contribution >= 4 is 0 Å². The molecule has 1 aromatic heterocycles. The van der Waals surface area contributed by atoms with Gasteiger partial charge >= 0.3 is 0 Å². The van der Waals surface area contributed by atoms with Gasteiger partial charge in [-0.3, -0.25) is 4.98 Å². The molecule has 2 heterocycles. The molecule has 0 aliphatic carbocycles. The molecule has 1 saturated heterocycles. The average molecular weight is 263 g/mol. The van der Waals surface area contributed by atoms with E-state index in [1.165, 1.54) is 5.56 Å². The van der Waals surface area contributed by atoms with Crippen molar-refractivity contribution in [3.63, 3.8) is 0 Å². The molecule has 0 aromatic carbocycles. The number of aromatic nitrogens is 1. The molecule has 19 heavy (non-hydrogen) atoms. The van der Waals surface area contributed by atoms with E-state index < -0.39 is 0 Å². The molecule has 4 heteroatoms. The number of rotatable bonds is 7. The number of nitrogens with zero attached hydrogens (tertiary/aromatic N) is 2. The lowest BCUT2D eigenvalue weighted by atomic mass is 10.1. The van der Waals surface area contributed by atoms with Crippen molar-refractivity contribution in [3.05, 3.63) is 30.1 Å². The third-order valence-electron chi connectivity index (χ3n) is 3.70. The van der Waals surface area contributed by atoms with Crippen LogP contribution in [-0.2, 0) is 11.2 Å². The summed E-state index contributed by atoms with van der Waals surface area (Å²) in [5.74, 6) is 0. The Labute approximate surface area is 116 Å². The average Bonchev–Trinajstić information content (AvgIpc) is 2.48. The normalized spacial score (nSPS) is 17.7. The Kier molecular flexibility index (Phi) is 6.27. The van der Waals surface area contributed by atoms with Crippen molar-refractivity contribution < 1.29 is 4.74 Å². The Morgan fingerprint density at radius 3 is 2.68 bits per heavy atom. The number of pyridine rings is 1. The lowest BCUT2D eigenvalue weighted by Gasteiger charge is -2.31. The summed E-state index contributed by atoms with van der Waals surface area (Å²) in [6.07, 6.45) is 8.58. The third kappa shape index (κ3) is 5.27. The molecule has 0 saturated carbocycles. The molecule has 2 rings (SSSR count). The van der Waals surface area contributed by atoms with E-state index in [0.717, 1.165) is 58.5 Å². The van der Waals surface area contributed by atoms with Gasteiger partial charge < -0.3 is 15.4 Å². The molecular formula is C15H25N3O. The lowest BCUT2D eigenvalue weighted by Crippen LogP contribution is -2.38. The summed E-state index contributed by atoms with van der Waals surface area (Å²) in [7, 11) is 0. The Bertz CT molecular complexity index is 337. The molecule has 1 aliphatic rings. The minimum Gasteiger partial charge on any atom is -0.378 e. The van der Waals surface area contributed by atoms with Gasteiger partial charge in [-0.15, -0.1) is 0 Å². The fourth-order valence-electron chi connectivity index (χ4n) is 2.47. The maximum atomic E-state index is 5.82. The van der Waals surface area contributed by atoms with Gasteiger partial charge in [-0.05, 0) is 49.9 Å². The van der Waals surface area contributed by atoms with Crippen molar-refractivity contribution in [1.82, 2.24) is 9.88 Å². The first-order valence-electron chi connectivity index (χ1n) is 7.31. The van der Waals surface area contributed by atoms with Crippen LogP contribution in [0.15, 0.2) is 24.5 Å². The number of ether oxygens (including phenoxy) is 1. The standard InChI is InChI=1S/C15H25N3O/c16-7-1-13-19-15-5-11-18(12-6-15)10-4-14-2-8-17-9-3-14/h2-3,8-9,15H,1,4-7,10-13,16H2. The minimum atomic E-state index is 0.448. The molecule has 1 aromatic rings. The number of likely N-dealkylation sites (tertiary alicyclic amines) is 1. The maximum absolute atomic E-state index is 5.82. The second-order valence-corrected chi connectivity index (χ2v) is 5.16. The molecule has 1 aliphatic heterocycles. The van der Waals surface area contributed by atoms with Gasteiger partial charge in [0.15, 0.2) is 0 Å². The van der Waals surface area contributed by atoms with Gasteiger partial charge in [-0.1, -0.05) is 0 Å². The summed E-state index contributed by atoms with van der Waals surface area (Å²) in [4.78, 5) is 6.58. The van der Waals surface area contributed by atoms with Crippen LogP contribution in [0.25, 0.3) is 0 Å². The van der Waals surface area contributed by atoms with E-state index in [1.54, 1.807) is 0 Å². The fourth-order valence-corrected chi connectivity index (χ4v) is 2.47. The van der Waals surface area contributed by atoms with Crippen molar-refractivity contribution in [1.29, 1.82) is 0 Å². The fraction of sp³-hybridized carbons (Fsp3) is 0.667. The smallest absolute Gasteiger partial charge is 0.0599 e. The van der Waals surface area contributed by atoms with Gasteiger partial charge in [0.2, 0.25) is 0 Å². The summed E-state index contributed by atoms with van der Waals surface area (Å²) in [6, 6.07) is 4.20. The molecule has 1 fully saturated rings. The monoisotopic (exact) mass is 263 g/mol. The van der Waals surface area contributed by atoms with Crippen LogP contribution in [0.3, 0.4) is 0 Å². The maximum Gasteiger partial charge on any atom is 0.0599 e. The third-order valence-corrected chi connectivity index (χ3v) is 3.70. The van der Waals surface area contributed by atoms with Crippen LogP contribution in [-0.4, -0.2) is 48.8 Å². The van der Waals surface area contributed by atoms with Crippen LogP contribution in [0, 0.1) is 0 Å². The van der Waals surface area contributed by atoms with Crippen LogP contribution >= 0.6 is 0 Å². The molecule has 0 unspecified atom stereocenters. The zero-order valence-electron chi connectivity index (χ0n) is 11.6. The van der Waals surface area contributed by atoms with Crippen molar-refractivity contribution in [2.24, 2.45) is 5.73 Å². The molecule has 0 amide bonds. The molecule has 0 bridgehead atoms. The van der Waals surface area contributed by atoms with Gasteiger partial charge in [-0.2, -0.15) is 0 Å². The largest absolute Gasteiger partial charge is 0.378 e. The Hall–Kier alpha value is -0.970. The van der Waals surface area contributed by atoms with Crippen molar-refractivity contribution in [2.45, 2.75) is 31.8 Å². The summed E-state index contributed by atoms with van der Waals surface area (Å²) >= 11 is 0. The van der Waals surface area contributed by atoms with Gasteiger partial charge in [0.1, 0.15) is 0 Å². The molecule has 2 N–H and O–H groups in total. The first-order chi connectivity index (χ1) is 9.38. The first-order valence-corrected chi connectivity index (χ1v) is 7.31. The highest BCUT2D eigenvalue weighted by atomic mass is 16.5. The first kappa shape index (κ1) is 14.4. The van der Waals surface area contributed by atoms with Crippen LogP contribution in [0.2, 0.25) is 0 Å². The molecule has 0 spiro atoms. The van der Waals surface area contributed by atoms with E-state index in [-0.39, 0.29) is 0 Å². The summed E-state index contributed by atoms with van der Waals surface area (Å²) in [6.45, 7) is 4.99. The highest BCUT2D eigenvalue weighted by molar-refractivity contribution is 5.09. The zero-order chi connectivity index (χ0) is 13.3. The summed E-state index contributed by atoms with van der Waals surface area (Å²) in [5, 5.41) is 0. The number of piperidine rings is 1. The van der Waals surface area contributed by atoms with E-state index in [9.17, 15) is 0 Å². The molecule has 0 radical (unpaired) electrons. The molecule has 106 valence electrons. The quantitative estimate of drug-likeness (QED) is 0.757. The van der Waals surface area contributed by atoms with Crippen LogP contribution in [0.1, 0.15) is 24.8 Å². The topological polar surface area (TPSA) is 51.4 Å². The van der Waals surface area contributed by atoms with Gasteiger partial charge in [0.25, 0.3) is 0 Å². The van der Waals surface area contributed by atoms with E-state index in [4.69, 9.17) is 10.5 Å². The highest BCUT2D eigenvalue weighted by Gasteiger charge is 2.18. The Morgan fingerprint density at radius 2 is 2.00 bits per heavy atom. The number of nitrogens with two attached hydrogens (primary N) is 1. The SMILES string of the molecule is NCCCOC1CCN(CCc2ccncc2)CC1. The zero-order valence-corrected chi connectivity index (χ0v) is 11.6. The van der Waals surface area contributed by atoms with Crippen LogP contribution in [0.4, 0.5) is 0 Å². The minimum absolute atomic E-state index is 0.448. The van der Waals surface area contributed by atoms with Crippen LogP contribution < -0.4 is 5.73 Å². The number of hydrogen-bond donors (Lipinski definition) is 1. The van der Waals surface area contributed by atoms with Gasteiger partial charge in [-0.25, -0.2) is 0 Å². The van der Waals surface area contributed by atoms with Gasteiger partial charge in [0.05, 0.1) is 6.10 Å². The van der Waals surface area contributed by atoms with E-state index in [1.807, 2.05) is 12.4 Å².